The monoisotopic (exact) mass is 442 g/mol. The Balaban J connectivity index is 1.47. The van der Waals surface area contributed by atoms with Gasteiger partial charge in [-0.15, -0.1) is 0 Å². The molecule has 5 rings (SSSR count). The van der Waals surface area contributed by atoms with Crippen molar-refractivity contribution >= 4 is 17.6 Å². The Morgan fingerprint density at radius 3 is 2.53 bits per heavy atom. The van der Waals surface area contributed by atoms with Gasteiger partial charge >= 0.3 is 6.18 Å². The summed E-state index contributed by atoms with van der Waals surface area (Å²) in [6.07, 6.45) is 1.09. The molecule has 0 saturated heterocycles. The van der Waals surface area contributed by atoms with E-state index in [4.69, 9.17) is 5.73 Å². The number of hydrogen-bond acceptors (Lipinski definition) is 8. The smallest absolute Gasteiger partial charge is 0.354 e. The molecule has 0 aromatic carbocycles. The number of rotatable bonds is 7. The summed E-state index contributed by atoms with van der Waals surface area (Å²) in [5, 5.41) is 6.24. The Morgan fingerprint density at radius 2 is 1.81 bits per heavy atom. The number of aromatic nitrogens is 5. The Kier molecular flexibility index (Phi) is 4.92. The second kappa shape index (κ2) is 7.66. The first-order valence-corrected chi connectivity index (χ1v) is 10.4. The van der Waals surface area contributed by atoms with Gasteiger partial charge in [-0.1, -0.05) is 6.07 Å². The predicted octanol–water partition coefficient (Wildman–Crippen LogP) is 3.86. The number of alkyl halides is 3. The topological polar surface area (TPSA) is 115 Å². The summed E-state index contributed by atoms with van der Waals surface area (Å²) < 4.78 is 39.4. The number of anilines is 3. The zero-order chi connectivity index (χ0) is 22.3. The SMILES string of the molecule is NC1(c2cc(Nc3nc(NCC4CC4)nc(-c4cccc(C(F)(F)F)n4)n3)ccn2)CC1. The fourth-order valence-corrected chi connectivity index (χ4v) is 3.20. The summed E-state index contributed by atoms with van der Waals surface area (Å²) in [5.74, 6) is 1.06. The summed E-state index contributed by atoms with van der Waals surface area (Å²) in [5.41, 5.74) is 6.28. The highest BCUT2D eigenvalue weighted by molar-refractivity contribution is 5.59. The van der Waals surface area contributed by atoms with Crippen molar-refractivity contribution in [1.82, 2.24) is 24.9 Å². The van der Waals surface area contributed by atoms with Crippen LogP contribution in [0.25, 0.3) is 11.5 Å². The third kappa shape index (κ3) is 4.62. The zero-order valence-electron chi connectivity index (χ0n) is 17.0. The van der Waals surface area contributed by atoms with Crippen LogP contribution in [0.1, 0.15) is 37.1 Å². The molecule has 3 aromatic heterocycles. The summed E-state index contributed by atoms with van der Waals surface area (Å²) in [6.45, 7) is 0.689. The van der Waals surface area contributed by atoms with Crippen LogP contribution in [-0.4, -0.2) is 31.5 Å². The summed E-state index contributed by atoms with van der Waals surface area (Å²) in [4.78, 5) is 21.0. The normalized spacial score (nSPS) is 17.1. The molecule has 0 spiro atoms. The Hall–Kier alpha value is -3.34. The first-order chi connectivity index (χ1) is 15.3. The first-order valence-electron chi connectivity index (χ1n) is 10.4. The molecule has 32 heavy (non-hydrogen) atoms. The highest BCUT2D eigenvalue weighted by Crippen LogP contribution is 2.42. The van der Waals surface area contributed by atoms with Gasteiger partial charge in [-0.3, -0.25) is 4.98 Å². The molecular formula is C21H21F3N8. The maximum Gasteiger partial charge on any atom is 0.433 e. The van der Waals surface area contributed by atoms with E-state index in [1.165, 1.54) is 12.1 Å². The summed E-state index contributed by atoms with van der Waals surface area (Å²) in [6, 6.07) is 7.21. The Morgan fingerprint density at radius 1 is 1.03 bits per heavy atom. The maximum atomic E-state index is 13.1. The Bertz CT molecular complexity index is 1140. The van der Waals surface area contributed by atoms with E-state index < -0.39 is 17.4 Å². The van der Waals surface area contributed by atoms with E-state index in [9.17, 15) is 13.2 Å². The average Bonchev–Trinajstić information content (AvgIpc) is 3.70. The highest BCUT2D eigenvalue weighted by atomic mass is 19.4. The highest BCUT2D eigenvalue weighted by Gasteiger charge is 2.41. The first kappa shape index (κ1) is 20.6. The van der Waals surface area contributed by atoms with Crippen LogP contribution in [0.15, 0.2) is 36.5 Å². The summed E-state index contributed by atoms with van der Waals surface area (Å²) >= 11 is 0. The van der Waals surface area contributed by atoms with Gasteiger partial charge in [0.05, 0.1) is 11.2 Å². The number of halogens is 3. The van der Waals surface area contributed by atoms with Crippen molar-refractivity contribution in [3.8, 4) is 11.5 Å². The van der Waals surface area contributed by atoms with Crippen molar-refractivity contribution in [3.05, 3.63) is 47.9 Å². The molecule has 11 heteroatoms. The predicted molar refractivity (Wildman–Crippen MR) is 112 cm³/mol. The quantitative estimate of drug-likeness (QED) is 0.505. The molecule has 4 N–H and O–H groups in total. The molecule has 0 atom stereocenters. The van der Waals surface area contributed by atoms with Crippen LogP contribution in [0.3, 0.4) is 0 Å². The van der Waals surface area contributed by atoms with E-state index in [1.54, 1.807) is 12.3 Å². The van der Waals surface area contributed by atoms with Crippen LogP contribution >= 0.6 is 0 Å². The third-order valence-corrected chi connectivity index (χ3v) is 5.46. The van der Waals surface area contributed by atoms with Gasteiger partial charge in [0, 0.05) is 18.4 Å². The van der Waals surface area contributed by atoms with E-state index >= 15 is 0 Å². The number of pyridine rings is 2. The number of nitrogens with two attached hydrogens (primary N) is 1. The zero-order valence-corrected chi connectivity index (χ0v) is 17.0. The van der Waals surface area contributed by atoms with Gasteiger partial charge in [0.2, 0.25) is 11.9 Å². The van der Waals surface area contributed by atoms with E-state index in [0.717, 1.165) is 37.4 Å². The second-order valence-electron chi connectivity index (χ2n) is 8.25. The minimum Gasteiger partial charge on any atom is -0.354 e. The number of nitrogens with one attached hydrogen (secondary N) is 2. The van der Waals surface area contributed by atoms with Crippen molar-refractivity contribution in [2.24, 2.45) is 11.7 Å². The molecule has 8 nitrogen and oxygen atoms in total. The summed E-state index contributed by atoms with van der Waals surface area (Å²) in [7, 11) is 0. The van der Waals surface area contributed by atoms with Gasteiger partial charge in [0.15, 0.2) is 5.82 Å². The minimum absolute atomic E-state index is 0.00839. The van der Waals surface area contributed by atoms with Crippen molar-refractivity contribution < 1.29 is 13.2 Å². The lowest BCUT2D eigenvalue weighted by atomic mass is 10.1. The molecule has 166 valence electrons. The number of nitrogens with zero attached hydrogens (tertiary/aromatic N) is 5. The van der Waals surface area contributed by atoms with Crippen molar-refractivity contribution in [1.29, 1.82) is 0 Å². The van der Waals surface area contributed by atoms with Crippen LogP contribution in [0.2, 0.25) is 0 Å². The van der Waals surface area contributed by atoms with Crippen LogP contribution in [0.5, 0.6) is 0 Å². The standard InChI is InChI=1S/C21H21F3N8/c22-21(23,24)15-3-1-2-14(29-15)17-30-18(27-11-12-4-5-12)32-19(31-17)28-13-6-9-26-16(10-13)20(25)7-8-20/h1-3,6,9-10,12H,4-5,7-8,11,25H2,(H2,26,27,28,30,31,32). The third-order valence-electron chi connectivity index (χ3n) is 5.46. The molecule has 2 aliphatic rings. The Labute approximate surface area is 181 Å². The molecule has 3 heterocycles. The maximum absolute atomic E-state index is 13.1. The van der Waals surface area contributed by atoms with E-state index in [2.05, 4.69) is 35.6 Å². The van der Waals surface area contributed by atoms with Crippen LogP contribution < -0.4 is 16.4 Å². The second-order valence-corrected chi connectivity index (χ2v) is 8.25. The molecule has 0 radical (unpaired) electrons. The molecule has 0 amide bonds. The number of hydrogen-bond donors (Lipinski definition) is 3. The van der Waals surface area contributed by atoms with Crippen molar-refractivity contribution in [2.75, 3.05) is 17.2 Å². The lowest BCUT2D eigenvalue weighted by Gasteiger charge is -2.13. The van der Waals surface area contributed by atoms with Gasteiger partial charge in [0.1, 0.15) is 11.4 Å². The van der Waals surface area contributed by atoms with Gasteiger partial charge in [-0.2, -0.15) is 28.1 Å². The van der Waals surface area contributed by atoms with Crippen molar-refractivity contribution in [2.45, 2.75) is 37.4 Å². The molecule has 2 aliphatic carbocycles. The average molecular weight is 442 g/mol. The van der Waals surface area contributed by atoms with E-state index in [-0.39, 0.29) is 23.4 Å². The van der Waals surface area contributed by atoms with E-state index in [0.29, 0.717) is 18.2 Å². The lowest BCUT2D eigenvalue weighted by molar-refractivity contribution is -0.141. The molecular weight excluding hydrogens is 421 g/mol. The van der Waals surface area contributed by atoms with Crippen LogP contribution in [0, 0.1) is 5.92 Å². The van der Waals surface area contributed by atoms with Crippen LogP contribution in [0.4, 0.5) is 30.8 Å². The van der Waals surface area contributed by atoms with E-state index in [1.807, 2.05) is 6.07 Å². The molecule has 2 saturated carbocycles. The molecule has 0 unspecified atom stereocenters. The molecule has 0 aliphatic heterocycles. The van der Waals surface area contributed by atoms with Crippen molar-refractivity contribution in [3.63, 3.8) is 0 Å². The van der Waals surface area contributed by atoms with Gasteiger partial charge < -0.3 is 16.4 Å². The largest absolute Gasteiger partial charge is 0.433 e. The van der Waals surface area contributed by atoms with Gasteiger partial charge in [-0.25, -0.2) is 4.98 Å². The molecule has 0 bridgehead atoms. The minimum atomic E-state index is -4.56. The molecule has 2 fully saturated rings. The van der Waals surface area contributed by atoms with Crippen LogP contribution in [-0.2, 0) is 11.7 Å². The fourth-order valence-electron chi connectivity index (χ4n) is 3.20. The lowest BCUT2D eigenvalue weighted by Crippen LogP contribution is -2.20. The fraction of sp³-hybridized carbons (Fsp3) is 0.381. The van der Waals surface area contributed by atoms with Gasteiger partial charge in [-0.05, 0) is 55.9 Å². The molecule has 3 aromatic rings. The van der Waals surface area contributed by atoms with Gasteiger partial charge in [0.25, 0.3) is 0 Å².